The number of fused-ring (bicyclic) bond motifs is 3. The van der Waals surface area contributed by atoms with Crippen LogP contribution in [0.1, 0.15) is 84.5 Å². The first-order chi connectivity index (χ1) is 17.1. The lowest BCUT2D eigenvalue weighted by Gasteiger charge is -2.26. The third kappa shape index (κ3) is 4.39. The van der Waals surface area contributed by atoms with E-state index in [1.165, 1.54) is 49.7 Å². The summed E-state index contributed by atoms with van der Waals surface area (Å²) in [6.45, 7) is 1.76. The Morgan fingerprint density at radius 1 is 0.943 bits per heavy atom. The molecule has 182 valence electrons. The highest BCUT2D eigenvalue weighted by Gasteiger charge is 2.33. The number of piperidine rings is 1. The number of hydrogen-bond acceptors (Lipinski definition) is 3. The largest absolute Gasteiger partial charge is 0.286 e. The summed E-state index contributed by atoms with van der Waals surface area (Å²) in [6.07, 6.45) is 10.6. The monoisotopic (exact) mass is 508 g/mol. The van der Waals surface area contributed by atoms with Crippen molar-refractivity contribution in [2.75, 3.05) is 13.1 Å². The van der Waals surface area contributed by atoms with E-state index in [2.05, 4.69) is 23.6 Å². The summed E-state index contributed by atoms with van der Waals surface area (Å²) in [4.78, 5) is 13.4. The number of carbonyl (C=O) groups is 1. The molecule has 2 fully saturated rings. The molecule has 0 unspecified atom stereocenters. The zero-order valence-corrected chi connectivity index (χ0v) is 21.3. The van der Waals surface area contributed by atoms with Crippen LogP contribution in [0.4, 0.5) is 0 Å². The van der Waals surface area contributed by atoms with Crippen LogP contribution >= 0.6 is 23.2 Å². The molecular weight excluding hydrogens is 479 g/mol. The number of rotatable bonds is 4. The van der Waals surface area contributed by atoms with Crippen LogP contribution in [0.25, 0.3) is 16.9 Å². The van der Waals surface area contributed by atoms with Gasteiger partial charge in [0.25, 0.3) is 5.91 Å². The maximum Gasteiger partial charge on any atom is 0.286 e. The van der Waals surface area contributed by atoms with Crippen molar-refractivity contribution in [3.05, 3.63) is 68.8 Å². The lowest BCUT2D eigenvalue weighted by molar-refractivity contribution is 0.0743. The van der Waals surface area contributed by atoms with Gasteiger partial charge in [0.1, 0.15) is 0 Å². The smallest absolute Gasteiger partial charge is 0.283 e. The Morgan fingerprint density at radius 2 is 1.71 bits per heavy atom. The quantitative estimate of drug-likeness (QED) is 0.325. The molecule has 0 bridgehead atoms. The summed E-state index contributed by atoms with van der Waals surface area (Å²) < 4.78 is 1.84. The van der Waals surface area contributed by atoms with E-state index in [1.54, 1.807) is 6.07 Å². The number of halogens is 2. The highest BCUT2D eigenvalue weighted by molar-refractivity contribution is 6.35. The van der Waals surface area contributed by atoms with Gasteiger partial charge in [-0.2, -0.15) is 5.10 Å². The van der Waals surface area contributed by atoms with E-state index >= 15 is 0 Å². The molecule has 0 spiro atoms. The second-order valence-electron chi connectivity index (χ2n) is 10.1. The Labute approximate surface area is 216 Å². The van der Waals surface area contributed by atoms with Gasteiger partial charge in [0.15, 0.2) is 5.69 Å². The third-order valence-electron chi connectivity index (χ3n) is 7.78. The summed E-state index contributed by atoms with van der Waals surface area (Å²) in [5, 5.41) is 7.93. The van der Waals surface area contributed by atoms with Gasteiger partial charge in [-0.25, -0.2) is 9.69 Å². The molecule has 2 heterocycles. The van der Waals surface area contributed by atoms with Crippen LogP contribution in [0.5, 0.6) is 0 Å². The molecule has 1 N–H and O–H groups in total. The van der Waals surface area contributed by atoms with Gasteiger partial charge in [0.2, 0.25) is 0 Å². The van der Waals surface area contributed by atoms with E-state index in [0.717, 1.165) is 48.4 Å². The predicted octanol–water partition coefficient (Wildman–Crippen LogP) is 6.93. The number of nitrogens with zero attached hydrogens (tertiary/aromatic N) is 3. The van der Waals surface area contributed by atoms with Crippen molar-refractivity contribution in [3.63, 3.8) is 0 Å². The summed E-state index contributed by atoms with van der Waals surface area (Å²) >= 11 is 12.8. The zero-order valence-electron chi connectivity index (χ0n) is 19.8. The summed E-state index contributed by atoms with van der Waals surface area (Å²) in [5.41, 5.74) is 10.1. The maximum atomic E-state index is 13.4. The van der Waals surface area contributed by atoms with Crippen LogP contribution < -0.4 is 5.43 Å². The van der Waals surface area contributed by atoms with Crippen LogP contribution in [0, 0.1) is 0 Å². The SMILES string of the molecule is O=C(NN1CCCCC1)c1nn(-c2ccc(Cl)cc2Cl)c2c1Cc1cc(C3CCCCC3)ccc1-2. The fourth-order valence-electron chi connectivity index (χ4n) is 5.98. The van der Waals surface area contributed by atoms with Crippen LogP contribution in [-0.4, -0.2) is 33.8 Å². The second kappa shape index (κ2) is 9.61. The normalized spacial score (nSPS) is 18.3. The predicted molar refractivity (Wildman–Crippen MR) is 141 cm³/mol. The van der Waals surface area contributed by atoms with Gasteiger partial charge in [0, 0.05) is 35.7 Å². The van der Waals surface area contributed by atoms with Gasteiger partial charge < -0.3 is 0 Å². The molecule has 3 aromatic rings. The summed E-state index contributed by atoms with van der Waals surface area (Å²) in [6, 6.07) is 12.3. The van der Waals surface area contributed by atoms with Gasteiger partial charge in [-0.05, 0) is 60.9 Å². The number of carbonyl (C=O) groups excluding carboxylic acids is 1. The number of amides is 1. The molecule has 1 amide bonds. The van der Waals surface area contributed by atoms with Crippen LogP contribution in [0.3, 0.4) is 0 Å². The number of aromatic nitrogens is 2. The van der Waals surface area contributed by atoms with Crippen molar-refractivity contribution in [2.45, 2.75) is 63.7 Å². The molecule has 2 aliphatic carbocycles. The van der Waals surface area contributed by atoms with Gasteiger partial charge >= 0.3 is 0 Å². The fourth-order valence-corrected chi connectivity index (χ4v) is 6.47. The Hall–Kier alpha value is -2.34. The van der Waals surface area contributed by atoms with E-state index < -0.39 is 0 Å². The van der Waals surface area contributed by atoms with Crippen LogP contribution in [-0.2, 0) is 6.42 Å². The number of nitrogens with one attached hydrogen (secondary N) is 1. The molecular formula is C28H30Cl2N4O. The number of benzene rings is 2. The average molecular weight is 509 g/mol. The Bertz CT molecular complexity index is 1270. The summed E-state index contributed by atoms with van der Waals surface area (Å²) in [7, 11) is 0. The van der Waals surface area contributed by atoms with Crippen LogP contribution in [0.2, 0.25) is 10.0 Å². The molecule has 0 atom stereocenters. The van der Waals surface area contributed by atoms with Crippen molar-refractivity contribution in [3.8, 4) is 16.9 Å². The zero-order chi connectivity index (χ0) is 23.9. The molecule has 1 aromatic heterocycles. The van der Waals surface area contributed by atoms with Crippen molar-refractivity contribution in [1.82, 2.24) is 20.2 Å². The van der Waals surface area contributed by atoms with E-state index in [4.69, 9.17) is 28.3 Å². The third-order valence-corrected chi connectivity index (χ3v) is 8.32. The van der Waals surface area contributed by atoms with E-state index in [9.17, 15) is 4.79 Å². The van der Waals surface area contributed by atoms with Gasteiger partial charge in [-0.3, -0.25) is 10.2 Å². The molecule has 3 aliphatic rings. The molecule has 1 saturated carbocycles. The van der Waals surface area contributed by atoms with E-state index in [1.807, 2.05) is 21.8 Å². The number of hydrogen-bond donors (Lipinski definition) is 1. The van der Waals surface area contributed by atoms with Crippen LogP contribution in [0.15, 0.2) is 36.4 Å². The molecule has 1 saturated heterocycles. The molecule has 1 aliphatic heterocycles. The van der Waals surface area contributed by atoms with Gasteiger partial charge in [0.05, 0.1) is 16.4 Å². The Kier molecular flexibility index (Phi) is 6.34. The topological polar surface area (TPSA) is 50.2 Å². The highest BCUT2D eigenvalue weighted by atomic mass is 35.5. The van der Waals surface area contributed by atoms with Crippen molar-refractivity contribution in [1.29, 1.82) is 0 Å². The summed E-state index contributed by atoms with van der Waals surface area (Å²) in [5.74, 6) is 0.495. The first-order valence-electron chi connectivity index (χ1n) is 12.8. The second-order valence-corrected chi connectivity index (χ2v) is 10.9. The number of hydrazine groups is 1. The molecule has 7 heteroatoms. The standard InChI is InChI=1S/C28H30Cl2N4O/c29-21-10-12-25(24(30)17-21)34-27-22-11-9-19(18-7-3-1-4-8-18)15-20(22)16-23(27)26(31-34)28(35)32-33-13-5-2-6-14-33/h9-12,15,17-18H,1-8,13-14,16H2,(H,32,35). The average Bonchev–Trinajstić information content (AvgIpc) is 3.42. The minimum Gasteiger partial charge on any atom is -0.283 e. The fraction of sp³-hybridized carbons (Fsp3) is 0.429. The maximum absolute atomic E-state index is 13.4. The Morgan fingerprint density at radius 3 is 2.49 bits per heavy atom. The molecule has 5 nitrogen and oxygen atoms in total. The van der Waals surface area contributed by atoms with E-state index in [0.29, 0.717) is 28.1 Å². The lowest BCUT2D eigenvalue weighted by Crippen LogP contribution is -2.45. The molecule has 2 aromatic carbocycles. The van der Waals surface area contributed by atoms with Gasteiger partial charge in [-0.1, -0.05) is 67.1 Å². The van der Waals surface area contributed by atoms with Crippen molar-refractivity contribution in [2.24, 2.45) is 0 Å². The first-order valence-corrected chi connectivity index (χ1v) is 13.6. The first kappa shape index (κ1) is 23.1. The Balaban J connectivity index is 1.41. The molecule has 35 heavy (non-hydrogen) atoms. The molecule has 0 radical (unpaired) electrons. The van der Waals surface area contributed by atoms with Crippen molar-refractivity contribution >= 4 is 29.1 Å². The van der Waals surface area contributed by atoms with Crippen molar-refractivity contribution < 1.29 is 4.79 Å². The lowest BCUT2D eigenvalue weighted by atomic mass is 9.83. The minimum absolute atomic E-state index is 0.146. The van der Waals surface area contributed by atoms with Gasteiger partial charge in [-0.15, -0.1) is 0 Å². The minimum atomic E-state index is -0.146. The van der Waals surface area contributed by atoms with E-state index in [-0.39, 0.29) is 5.91 Å². The highest BCUT2D eigenvalue weighted by Crippen LogP contribution is 2.43. The molecule has 6 rings (SSSR count).